The first kappa shape index (κ1) is 14.2. The van der Waals surface area contributed by atoms with Gasteiger partial charge in [-0.3, -0.25) is 4.79 Å². The van der Waals surface area contributed by atoms with Gasteiger partial charge in [-0.05, 0) is 12.1 Å². The lowest BCUT2D eigenvalue weighted by atomic mass is 10.3. The first-order chi connectivity index (χ1) is 10.7. The average Bonchev–Trinajstić information content (AvgIpc) is 3.19. The summed E-state index contributed by atoms with van der Waals surface area (Å²) >= 11 is 1.44. The first-order valence-corrected chi connectivity index (χ1v) is 7.19. The lowest BCUT2D eigenvalue weighted by Crippen LogP contribution is -2.25. The normalized spacial score (nSPS) is 10.6. The molecule has 0 aromatic carbocycles. The van der Waals surface area contributed by atoms with Crippen molar-refractivity contribution in [3.05, 3.63) is 57.8 Å². The molecule has 0 fully saturated rings. The highest BCUT2D eigenvalue weighted by atomic mass is 32.1. The number of hydrogen-bond donors (Lipinski definition) is 0. The maximum Gasteiger partial charge on any atom is 0.358 e. The summed E-state index contributed by atoms with van der Waals surface area (Å²) in [6.07, 6.45) is 3.17. The van der Waals surface area contributed by atoms with Crippen LogP contribution in [0, 0.1) is 0 Å². The number of esters is 1. The van der Waals surface area contributed by atoms with Crippen LogP contribution in [0.2, 0.25) is 0 Å². The van der Waals surface area contributed by atoms with Crippen molar-refractivity contribution in [1.29, 1.82) is 0 Å². The molecule has 0 amide bonds. The van der Waals surface area contributed by atoms with E-state index in [0.717, 1.165) is 10.6 Å². The Balaban J connectivity index is 1.87. The molecular formula is C14H11N3O4S. The average molecular weight is 317 g/mol. The predicted octanol–water partition coefficient (Wildman–Crippen LogP) is 1.79. The third kappa shape index (κ3) is 2.82. The fourth-order valence-corrected chi connectivity index (χ4v) is 2.62. The molecule has 8 heteroatoms. The van der Waals surface area contributed by atoms with Gasteiger partial charge >= 0.3 is 5.97 Å². The summed E-state index contributed by atoms with van der Waals surface area (Å²) in [6, 6.07) is 4.43. The molecule has 0 atom stereocenters. The Morgan fingerprint density at radius 1 is 1.41 bits per heavy atom. The topological polar surface area (TPSA) is 87.2 Å². The minimum Gasteiger partial charge on any atom is -0.472 e. The number of carbonyl (C=O) groups is 1. The van der Waals surface area contributed by atoms with E-state index >= 15 is 0 Å². The Kier molecular flexibility index (Phi) is 3.84. The number of thiazole rings is 1. The summed E-state index contributed by atoms with van der Waals surface area (Å²) in [4.78, 5) is 27.7. The largest absolute Gasteiger partial charge is 0.472 e. The van der Waals surface area contributed by atoms with Crippen LogP contribution in [0.15, 0.2) is 45.3 Å². The standard InChI is InChI=1S/C14H11N3O4S/c1-20-14(19)11-2-3-12(18)17(16-11)6-10-8-22-13(15-10)9-4-5-21-7-9/h2-5,7-8H,6H2,1H3. The highest BCUT2D eigenvalue weighted by molar-refractivity contribution is 7.13. The number of nitrogens with zero attached hydrogens (tertiary/aromatic N) is 3. The zero-order chi connectivity index (χ0) is 15.5. The second-order valence-electron chi connectivity index (χ2n) is 4.36. The van der Waals surface area contributed by atoms with Crippen LogP contribution in [-0.4, -0.2) is 27.8 Å². The number of hydrogen-bond acceptors (Lipinski definition) is 7. The Hall–Kier alpha value is -2.74. The van der Waals surface area contributed by atoms with Crippen LogP contribution in [0.25, 0.3) is 10.6 Å². The Bertz CT molecular complexity index is 851. The first-order valence-electron chi connectivity index (χ1n) is 6.31. The van der Waals surface area contributed by atoms with Crippen molar-refractivity contribution in [3.63, 3.8) is 0 Å². The second-order valence-corrected chi connectivity index (χ2v) is 5.22. The highest BCUT2D eigenvalue weighted by Crippen LogP contribution is 2.23. The van der Waals surface area contributed by atoms with Crippen LogP contribution < -0.4 is 5.56 Å². The van der Waals surface area contributed by atoms with E-state index in [4.69, 9.17) is 4.42 Å². The van der Waals surface area contributed by atoms with Gasteiger partial charge in [-0.2, -0.15) is 5.10 Å². The van der Waals surface area contributed by atoms with Crippen molar-refractivity contribution in [2.24, 2.45) is 0 Å². The van der Waals surface area contributed by atoms with E-state index in [1.54, 1.807) is 12.5 Å². The molecule has 0 bridgehead atoms. The van der Waals surface area contributed by atoms with Crippen LogP contribution >= 0.6 is 11.3 Å². The van der Waals surface area contributed by atoms with Gasteiger partial charge in [-0.1, -0.05) is 0 Å². The van der Waals surface area contributed by atoms with Gasteiger partial charge in [0.2, 0.25) is 0 Å². The molecule has 3 aromatic heterocycles. The summed E-state index contributed by atoms with van der Waals surface area (Å²) in [5, 5.41) is 6.61. The molecule has 0 aliphatic rings. The molecule has 3 aromatic rings. The molecule has 0 unspecified atom stereocenters. The van der Waals surface area contributed by atoms with E-state index in [1.165, 1.54) is 35.3 Å². The number of ether oxygens (including phenoxy) is 1. The highest BCUT2D eigenvalue weighted by Gasteiger charge is 2.11. The van der Waals surface area contributed by atoms with E-state index in [1.807, 2.05) is 11.4 Å². The van der Waals surface area contributed by atoms with Gasteiger partial charge in [0.05, 0.1) is 25.6 Å². The van der Waals surface area contributed by atoms with Crippen molar-refractivity contribution < 1.29 is 13.9 Å². The Labute approximate surface area is 128 Å². The number of methoxy groups -OCH3 is 1. The smallest absolute Gasteiger partial charge is 0.358 e. The van der Waals surface area contributed by atoms with Crippen LogP contribution in [0.1, 0.15) is 16.2 Å². The number of rotatable bonds is 4. The predicted molar refractivity (Wildman–Crippen MR) is 78.8 cm³/mol. The monoisotopic (exact) mass is 317 g/mol. The van der Waals surface area contributed by atoms with E-state index in [2.05, 4.69) is 14.8 Å². The van der Waals surface area contributed by atoms with Gasteiger partial charge in [0.15, 0.2) is 5.69 Å². The molecular weight excluding hydrogens is 306 g/mol. The maximum atomic E-state index is 11.8. The number of carbonyl (C=O) groups excluding carboxylic acids is 1. The summed E-state index contributed by atoms with van der Waals surface area (Å²) in [7, 11) is 1.26. The van der Waals surface area contributed by atoms with Crippen molar-refractivity contribution in [2.45, 2.75) is 6.54 Å². The molecule has 0 aliphatic heterocycles. The fraction of sp³-hybridized carbons (Fsp3) is 0.143. The van der Waals surface area contributed by atoms with Gasteiger partial charge < -0.3 is 9.15 Å². The van der Waals surface area contributed by atoms with Crippen LogP contribution in [0.4, 0.5) is 0 Å². The zero-order valence-corrected chi connectivity index (χ0v) is 12.4. The summed E-state index contributed by atoms with van der Waals surface area (Å²) in [5.41, 5.74) is 1.32. The maximum absolute atomic E-state index is 11.8. The van der Waals surface area contributed by atoms with Crippen molar-refractivity contribution in [3.8, 4) is 10.6 Å². The van der Waals surface area contributed by atoms with E-state index in [0.29, 0.717) is 5.69 Å². The quantitative estimate of drug-likeness (QED) is 0.682. The summed E-state index contributed by atoms with van der Waals surface area (Å²) < 4.78 is 10.8. The molecule has 0 N–H and O–H groups in total. The van der Waals surface area contributed by atoms with Gasteiger partial charge in [0.1, 0.15) is 11.3 Å². The fourth-order valence-electron chi connectivity index (χ4n) is 1.83. The third-order valence-corrected chi connectivity index (χ3v) is 3.83. The summed E-state index contributed by atoms with van der Waals surface area (Å²) in [5.74, 6) is -0.592. The van der Waals surface area contributed by atoms with Gasteiger partial charge in [-0.15, -0.1) is 11.3 Å². The van der Waals surface area contributed by atoms with Gasteiger partial charge in [0.25, 0.3) is 5.56 Å². The molecule has 22 heavy (non-hydrogen) atoms. The number of furan rings is 1. The van der Waals surface area contributed by atoms with Crippen molar-refractivity contribution in [2.75, 3.05) is 7.11 Å². The van der Waals surface area contributed by atoms with Crippen LogP contribution in [0.3, 0.4) is 0 Å². The molecule has 3 heterocycles. The second kappa shape index (κ2) is 5.94. The number of aromatic nitrogens is 3. The molecule has 0 saturated carbocycles. The SMILES string of the molecule is COC(=O)c1ccc(=O)n(Cc2csc(-c3ccoc3)n2)n1. The molecule has 7 nitrogen and oxygen atoms in total. The minimum atomic E-state index is -0.592. The molecule has 112 valence electrons. The van der Waals surface area contributed by atoms with Crippen LogP contribution in [-0.2, 0) is 11.3 Å². The minimum absolute atomic E-state index is 0.0763. The van der Waals surface area contributed by atoms with E-state index in [-0.39, 0.29) is 17.8 Å². The van der Waals surface area contributed by atoms with Crippen molar-refractivity contribution in [1.82, 2.24) is 14.8 Å². The van der Waals surface area contributed by atoms with Crippen LogP contribution in [0.5, 0.6) is 0 Å². The van der Waals surface area contributed by atoms with Crippen molar-refractivity contribution >= 4 is 17.3 Å². The van der Waals surface area contributed by atoms with Gasteiger partial charge in [0, 0.05) is 17.0 Å². The molecule has 0 spiro atoms. The van der Waals surface area contributed by atoms with E-state index in [9.17, 15) is 9.59 Å². The lowest BCUT2D eigenvalue weighted by molar-refractivity contribution is 0.0591. The third-order valence-electron chi connectivity index (χ3n) is 2.89. The van der Waals surface area contributed by atoms with E-state index < -0.39 is 5.97 Å². The lowest BCUT2D eigenvalue weighted by Gasteiger charge is -2.04. The Morgan fingerprint density at radius 2 is 2.27 bits per heavy atom. The Morgan fingerprint density at radius 3 is 3.00 bits per heavy atom. The molecule has 0 aliphatic carbocycles. The molecule has 3 rings (SSSR count). The zero-order valence-electron chi connectivity index (χ0n) is 11.6. The molecule has 0 radical (unpaired) electrons. The summed E-state index contributed by atoms with van der Waals surface area (Å²) in [6.45, 7) is 0.179. The van der Waals surface area contributed by atoms with Gasteiger partial charge in [-0.25, -0.2) is 14.5 Å². The molecule has 0 saturated heterocycles.